The highest BCUT2D eigenvalue weighted by Gasteiger charge is 2.15. The summed E-state index contributed by atoms with van der Waals surface area (Å²) < 4.78 is 25.8. The predicted octanol–water partition coefficient (Wildman–Crippen LogP) is 1.27. The standard InChI is InChI=1S/C9H11F2NO/c1-5-2-6(8(13)4-12)9(11)7(10)3-5/h2-3,8,13H,4,12H2,1H3. The number of hydrogen-bond donors (Lipinski definition) is 2. The minimum atomic E-state index is -1.14. The van der Waals surface area contributed by atoms with Crippen LogP contribution in [0.2, 0.25) is 0 Å². The van der Waals surface area contributed by atoms with Crippen LogP contribution >= 0.6 is 0 Å². The molecule has 1 atom stereocenters. The third-order valence-electron chi connectivity index (χ3n) is 1.78. The molecule has 0 aliphatic rings. The van der Waals surface area contributed by atoms with Gasteiger partial charge >= 0.3 is 0 Å². The number of benzene rings is 1. The Balaban J connectivity index is 3.20. The molecule has 0 aliphatic carbocycles. The van der Waals surface area contributed by atoms with Gasteiger partial charge in [-0.15, -0.1) is 0 Å². The van der Waals surface area contributed by atoms with Crippen LogP contribution in [-0.2, 0) is 0 Å². The lowest BCUT2D eigenvalue weighted by atomic mass is 10.1. The molecule has 1 rings (SSSR count). The summed E-state index contributed by atoms with van der Waals surface area (Å²) in [7, 11) is 0. The van der Waals surface area contributed by atoms with Crippen LogP contribution in [0.15, 0.2) is 12.1 Å². The lowest BCUT2D eigenvalue weighted by molar-refractivity contribution is 0.180. The number of aliphatic hydroxyl groups excluding tert-OH is 1. The average Bonchev–Trinajstić information content (AvgIpc) is 2.10. The molecule has 1 aromatic rings. The molecule has 0 saturated carbocycles. The molecule has 0 spiro atoms. The highest BCUT2D eigenvalue weighted by Crippen LogP contribution is 2.20. The van der Waals surface area contributed by atoms with Gasteiger partial charge in [0.1, 0.15) is 0 Å². The second-order valence-corrected chi connectivity index (χ2v) is 2.90. The number of aliphatic hydroxyl groups is 1. The van der Waals surface area contributed by atoms with Crippen molar-refractivity contribution in [3.8, 4) is 0 Å². The van der Waals surface area contributed by atoms with Gasteiger partial charge in [0.15, 0.2) is 11.6 Å². The van der Waals surface area contributed by atoms with Crippen molar-refractivity contribution < 1.29 is 13.9 Å². The average molecular weight is 187 g/mol. The van der Waals surface area contributed by atoms with Crippen LogP contribution in [0.4, 0.5) is 8.78 Å². The molecular weight excluding hydrogens is 176 g/mol. The molecule has 72 valence electrons. The zero-order valence-electron chi connectivity index (χ0n) is 7.22. The van der Waals surface area contributed by atoms with Gasteiger partial charge in [-0.3, -0.25) is 0 Å². The van der Waals surface area contributed by atoms with Gasteiger partial charge in [-0.25, -0.2) is 8.78 Å². The van der Waals surface area contributed by atoms with Crippen LogP contribution in [0.3, 0.4) is 0 Å². The van der Waals surface area contributed by atoms with Gasteiger partial charge in [0.2, 0.25) is 0 Å². The van der Waals surface area contributed by atoms with Crippen molar-refractivity contribution >= 4 is 0 Å². The molecule has 0 aliphatic heterocycles. The second-order valence-electron chi connectivity index (χ2n) is 2.90. The van der Waals surface area contributed by atoms with E-state index >= 15 is 0 Å². The summed E-state index contributed by atoms with van der Waals surface area (Å²) in [5.41, 5.74) is 5.61. The van der Waals surface area contributed by atoms with Crippen molar-refractivity contribution in [2.45, 2.75) is 13.0 Å². The van der Waals surface area contributed by atoms with E-state index in [4.69, 9.17) is 5.73 Å². The molecule has 0 fully saturated rings. The molecule has 0 bridgehead atoms. The van der Waals surface area contributed by atoms with Crippen molar-refractivity contribution in [3.05, 3.63) is 34.9 Å². The third kappa shape index (κ3) is 2.02. The third-order valence-corrected chi connectivity index (χ3v) is 1.78. The molecule has 13 heavy (non-hydrogen) atoms. The fraction of sp³-hybridized carbons (Fsp3) is 0.333. The number of aryl methyl sites for hydroxylation is 1. The van der Waals surface area contributed by atoms with E-state index in [1.165, 1.54) is 6.07 Å². The molecule has 4 heteroatoms. The van der Waals surface area contributed by atoms with Crippen LogP contribution in [-0.4, -0.2) is 11.7 Å². The van der Waals surface area contributed by atoms with Gasteiger partial charge in [0.05, 0.1) is 6.10 Å². The molecule has 0 aromatic heterocycles. The molecule has 1 unspecified atom stereocenters. The smallest absolute Gasteiger partial charge is 0.164 e. The van der Waals surface area contributed by atoms with Crippen LogP contribution < -0.4 is 5.73 Å². The van der Waals surface area contributed by atoms with Gasteiger partial charge in [-0.05, 0) is 18.6 Å². The monoisotopic (exact) mass is 187 g/mol. The van der Waals surface area contributed by atoms with E-state index in [1.54, 1.807) is 6.92 Å². The Hall–Kier alpha value is -1.00. The Morgan fingerprint density at radius 2 is 2.08 bits per heavy atom. The zero-order chi connectivity index (χ0) is 10.0. The fourth-order valence-electron chi connectivity index (χ4n) is 1.12. The minimum Gasteiger partial charge on any atom is -0.387 e. The van der Waals surface area contributed by atoms with E-state index in [-0.39, 0.29) is 12.1 Å². The van der Waals surface area contributed by atoms with E-state index in [2.05, 4.69) is 0 Å². The van der Waals surface area contributed by atoms with Crippen LogP contribution in [0, 0.1) is 18.6 Å². The number of hydrogen-bond acceptors (Lipinski definition) is 2. The Labute approximate surface area is 75.0 Å². The van der Waals surface area contributed by atoms with Crippen LogP contribution in [0.25, 0.3) is 0 Å². The normalized spacial score (nSPS) is 13.0. The Morgan fingerprint density at radius 3 is 2.62 bits per heavy atom. The summed E-state index contributed by atoms with van der Waals surface area (Å²) in [6, 6.07) is 2.46. The Morgan fingerprint density at radius 1 is 1.46 bits per heavy atom. The number of halogens is 2. The summed E-state index contributed by atoms with van der Waals surface area (Å²) in [6.07, 6.45) is -1.14. The van der Waals surface area contributed by atoms with Gasteiger partial charge in [-0.1, -0.05) is 6.07 Å². The first kappa shape index (κ1) is 10.1. The number of nitrogens with two attached hydrogens (primary N) is 1. The van der Waals surface area contributed by atoms with Gasteiger partial charge < -0.3 is 10.8 Å². The summed E-state index contributed by atoms with van der Waals surface area (Å²) in [5.74, 6) is -1.98. The lowest BCUT2D eigenvalue weighted by Gasteiger charge is -2.10. The van der Waals surface area contributed by atoms with Crippen molar-refractivity contribution in [2.75, 3.05) is 6.54 Å². The first-order chi connectivity index (χ1) is 6.06. The summed E-state index contributed by atoms with van der Waals surface area (Å²) in [6.45, 7) is 1.50. The van der Waals surface area contributed by atoms with Crippen LogP contribution in [0.1, 0.15) is 17.2 Å². The molecule has 0 radical (unpaired) electrons. The molecule has 0 amide bonds. The topological polar surface area (TPSA) is 46.2 Å². The first-order valence-electron chi connectivity index (χ1n) is 3.90. The van der Waals surface area contributed by atoms with Crippen LogP contribution in [0.5, 0.6) is 0 Å². The molecular formula is C9H11F2NO. The summed E-state index contributed by atoms with van der Waals surface area (Å²) in [5, 5.41) is 9.23. The van der Waals surface area contributed by atoms with E-state index in [0.717, 1.165) is 6.07 Å². The SMILES string of the molecule is Cc1cc(F)c(F)c(C(O)CN)c1. The van der Waals surface area contributed by atoms with E-state index in [9.17, 15) is 13.9 Å². The molecule has 2 nitrogen and oxygen atoms in total. The van der Waals surface area contributed by atoms with Gasteiger partial charge in [0.25, 0.3) is 0 Å². The lowest BCUT2D eigenvalue weighted by Crippen LogP contribution is -2.14. The summed E-state index contributed by atoms with van der Waals surface area (Å²) in [4.78, 5) is 0. The van der Waals surface area contributed by atoms with E-state index < -0.39 is 17.7 Å². The molecule has 3 N–H and O–H groups in total. The molecule has 0 heterocycles. The Kier molecular flexibility index (Phi) is 2.95. The molecule has 1 aromatic carbocycles. The second kappa shape index (κ2) is 3.81. The van der Waals surface area contributed by atoms with Crippen molar-refractivity contribution in [2.24, 2.45) is 5.73 Å². The summed E-state index contributed by atoms with van der Waals surface area (Å²) >= 11 is 0. The van der Waals surface area contributed by atoms with Crippen molar-refractivity contribution in [1.29, 1.82) is 0 Å². The largest absolute Gasteiger partial charge is 0.387 e. The Bertz CT molecular complexity index is 315. The molecule has 0 saturated heterocycles. The first-order valence-corrected chi connectivity index (χ1v) is 3.90. The maximum atomic E-state index is 13.0. The van der Waals surface area contributed by atoms with E-state index in [1.807, 2.05) is 0 Å². The quantitative estimate of drug-likeness (QED) is 0.732. The maximum absolute atomic E-state index is 13.0. The van der Waals surface area contributed by atoms with Crippen molar-refractivity contribution in [1.82, 2.24) is 0 Å². The van der Waals surface area contributed by atoms with Gasteiger partial charge in [0, 0.05) is 12.1 Å². The van der Waals surface area contributed by atoms with E-state index in [0.29, 0.717) is 5.56 Å². The fourth-order valence-corrected chi connectivity index (χ4v) is 1.12. The maximum Gasteiger partial charge on any atom is 0.164 e. The predicted molar refractivity (Wildman–Crippen MR) is 45.1 cm³/mol. The highest BCUT2D eigenvalue weighted by atomic mass is 19.2. The van der Waals surface area contributed by atoms with Crippen molar-refractivity contribution in [3.63, 3.8) is 0 Å². The highest BCUT2D eigenvalue weighted by molar-refractivity contribution is 5.27. The zero-order valence-corrected chi connectivity index (χ0v) is 7.22. The minimum absolute atomic E-state index is 0.0833. The van der Waals surface area contributed by atoms with Gasteiger partial charge in [-0.2, -0.15) is 0 Å². The number of rotatable bonds is 2.